The van der Waals surface area contributed by atoms with E-state index in [1.54, 1.807) is 12.3 Å². The molecule has 0 fully saturated rings. The first kappa shape index (κ1) is 19.7. The Morgan fingerprint density at radius 1 is 1.14 bits per heavy atom. The largest absolute Gasteiger partial charge is 0.469 e. The number of hydrogen-bond donors (Lipinski definition) is 2. The van der Waals surface area contributed by atoms with Gasteiger partial charge in [-0.25, -0.2) is 4.39 Å². The van der Waals surface area contributed by atoms with Gasteiger partial charge in [0.05, 0.1) is 6.26 Å². The first-order valence-electron chi connectivity index (χ1n) is 8.78. The van der Waals surface area contributed by atoms with Crippen molar-refractivity contribution < 1.29 is 18.4 Å². The quantitative estimate of drug-likeness (QED) is 0.573. The van der Waals surface area contributed by atoms with E-state index in [0.29, 0.717) is 42.9 Å². The van der Waals surface area contributed by atoms with E-state index in [9.17, 15) is 14.0 Å². The lowest BCUT2D eigenvalue weighted by molar-refractivity contribution is -0.121. The van der Waals surface area contributed by atoms with Crippen molar-refractivity contribution in [3.8, 4) is 0 Å². The highest BCUT2D eigenvalue weighted by atomic mass is 32.1. The number of rotatable bonds is 9. The lowest BCUT2D eigenvalue weighted by atomic mass is 10.2. The van der Waals surface area contributed by atoms with E-state index in [1.807, 2.05) is 12.1 Å². The molecule has 0 bridgehead atoms. The number of carbonyl (C=O) groups is 2. The molecule has 0 spiro atoms. The van der Waals surface area contributed by atoms with Crippen molar-refractivity contribution in [2.75, 3.05) is 11.9 Å². The van der Waals surface area contributed by atoms with Crippen molar-refractivity contribution >= 4 is 28.8 Å². The summed E-state index contributed by atoms with van der Waals surface area (Å²) in [6.07, 6.45) is 3.77. The van der Waals surface area contributed by atoms with Crippen LogP contribution in [0.5, 0.6) is 0 Å². The van der Waals surface area contributed by atoms with Crippen molar-refractivity contribution in [1.82, 2.24) is 15.5 Å². The molecule has 146 valence electrons. The molecular weight excluding hydrogens is 383 g/mol. The Labute approximate surface area is 165 Å². The number of halogens is 1. The number of nitrogens with zero attached hydrogens (tertiary/aromatic N) is 2. The van der Waals surface area contributed by atoms with E-state index in [-0.39, 0.29) is 10.9 Å². The van der Waals surface area contributed by atoms with Crippen LogP contribution in [0.2, 0.25) is 0 Å². The van der Waals surface area contributed by atoms with E-state index >= 15 is 0 Å². The van der Waals surface area contributed by atoms with E-state index in [2.05, 4.69) is 20.8 Å². The van der Waals surface area contributed by atoms with E-state index < -0.39 is 11.7 Å². The zero-order chi connectivity index (χ0) is 19.8. The molecule has 0 saturated carbocycles. The first-order chi connectivity index (χ1) is 13.6. The second-order valence-electron chi connectivity index (χ2n) is 6.00. The van der Waals surface area contributed by atoms with Crippen molar-refractivity contribution in [2.24, 2.45) is 0 Å². The highest BCUT2D eigenvalue weighted by Crippen LogP contribution is 2.16. The second kappa shape index (κ2) is 9.75. The predicted molar refractivity (Wildman–Crippen MR) is 103 cm³/mol. The Morgan fingerprint density at radius 2 is 2.04 bits per heavy atom. The fourth-order valence-electron chi connectivity index (χ4n) is 2.47. The van der Waals surface area contributed by atoms with Crippen molar-refractivity contribution in [1.29, 1.82) is 0 Å². The molecule has 0 radical (unpaired) electrons. The van der Waals surface area contributed by atoms with Gasteiger partial charge in [0.25, 0.3) is 5.91 Å². The van der Waals surface area contributed by atoms with Crippen molar-refractivity contribution in [2.45, 2.75) is 25.7 Å². The number of carbonyl (C=O) groups excluding carboxylic acids is 2. The number of hydrogen-bond acceptors (Lipinski definition) is 6. The zero-order valence-electron chi connectivity index (χ0n) is 15.0. The minimum absolute atomic E-state index is 0.0415. The van der Waals surface area contributed by atoms with Gasteiger partial charge < -0.3 is 15.1 Å². The molecule has 0 aliphatic carbocycles. The highest BCUT2D eigenvalue weighted by molar-refractivity contribution is 7.13. The summed E-state index contributed by atoms with van der Waals surface area (Å²) < 4.78 is 18.4. The number of aryl methyl sites for hydroxylation is 1. The summed E-state index contributed by atoms with van der Waals surface area (Å²) in [6.45, 7) is 0.523. The lowest BCUT2D eigenvalue weighted by Gasteiger charge is -2.03. The summed E-state index contributed by atoms with van der Waals surface area (Å²) in [4.78, 5) is 24.0. The Kier molecular flexibility index (Phi) is 6.85. The topological polar surface area (TPSA) is 97.1 Å². The van der Waals surface area contributed by atoms with Crippen molar-refractivity contribution in [3.05, 3.63) is 64.3 Å². The van der Waals surface area contributed by atoms with Gasteiger partial charge in [0.1, 0.15) is 16.6 Å². The summed E-state index contributed by atoms with van der Waals surface area (Å²) in [7, 11) is 0. The molecular formula is C19H19FN4O3S. The third-order valence-electron chi connectivity index (χ3n) is 3.81. The Morgan fingerprint density at radius 3 is 2.82 bits per heavy atom. The Balaban J connectivity index is 1.38. The molecule has 0 saturated heterocycles. The fraction of sp³-hybridized carbons (Fsp3) is 0.263. The summed E-state index contributed by atoms with van der Waals surface area (Å²) >= 11 is 1.16. The summed E-state index contributed by atoms with van der Waals surface area (Å²) in [5.41, 5.74) is 0.355. The van der Waals surface area contributed by atoms with E-state index in [1.165, 1.54) is 18.2 Å². The maximum atomic E-state index is 13.2. The van der Waals surface area contributed by atoms with Crippen LogP contribution in [0.25, 0.3) is 0 Å². The lowest BCUT2D eigenvalue weighted by Crippen LogP contribution is -2.25. The van der Waals surface area contributed by atoms with Crippen LogP contribution in [-0.4, -0.2) is 28.6 Å². The maximum absolute atomic E-state index is 13.2. The standard InChI is InChI=1S/C19H19FN4O3S/c20-13-4-1-5-14(12-13)22-18(26)19-24-23-17(28-19)8-2-7-16(25)21-10-9-15-6-3-11-27-15/h1,3-6,11-12H,2,7-10H2,(H,21,25)(H,22,26). The minimum atomic E-state index is -0.440. The molecule has 3 rings (SSSR count). The monoisotopic (exact) mass is 402 g/mol. The first-order valence-corrected chi connectivity index (χ1v) is 9.60. The molecule has 2 heterocycles. The fourth-order valence-corrected chi connectivity index (χ4v) is 3.24. The van der Waals surface area contributed by atoms with Gasteiger partial charge in [-0.1, -0.05) is 17.4 Å². The Bertz CT molecular complexity index is 927. The van der Waals surface area contributed by atoms with E-state index in [4.69, 9.17) is 4.42 Å². The van der Waals surface area contributed by atoms with Gasteiger partial charge in [0.15, 0.2) is 0 Å². The Hall–Kier alpha value is -3.07. The number of furan rings is 1. The van der Waals surface area contributed by atoms with Crippen LogP contribution >= 0.6 is 11.3 Å². The van der Waals surface area contributed by atoms with Gasteiger partial charge in [-0.2, -0.15) is 0 Å². The van der Waals surface area contributed by atoms with Gasteiger partial charge >= 0.3 is 0 Å². The van der Waals surface area contributed by atoms with Crippen LogP contribution in [0, 0.1) is 5.82 Å². The SMILES string of the molecule is O=C(CCCc1nnc(C(=O)Nc2cccc(F)c2)s1)NCCc1ccco1. The molecule has 1 aromatic carbocycles. The summed E-state index contributed by atoms with van der Waals surface area (Å²) in [5.74, 6) is -0.0819. The predicted octanol–water partition coefficient (Wildman–Crippen LogP) is 3.20. The normalized spacial score (nSPS) is 10.6. The van der Waals surface area contributed by atoms with E-state index in [0.717, 1.165) is 17.1 Å². The average Bonchev–Trinajstić information content (AvgIpc) is 3.34. The number of amides is 2. The molecule has 0 atom stereocenters. The molecule has 0 unspecified atom stereocenters. The van der Waals surface area contributed by atoms with Crippen LogP contribution < -0.4 is 10.6 Å². The molecule has 0 aliphatic heterocycles. The smallest absolute Gasteiger partial charge is 0.286 e. The number of aromatic nitrogens is 2. The van der Waals surface area contributed by atoms with Gasteiger partial charge in [-0.3, -0.25) is 9.59 Å². The maximum Gasteiger partial charge on any atom is 0.286 e. The molecule has 0 aliphatic rings. The van der Waals surface area contributed by atoms with Gasteiger partial charge in [0.2, 0.25) is 10.9 Å². The van der Waals surface area contributed by atoms with Gasteiger partial charge in [-0.05, 0) is 36.8 Å². The van der Waals surface area contributed by atoms with Crippen LogP contribution in [0.1, 0.15) is 33.4 Å². The highest BCUT2D eigenvalue weighted by Gasteiger charge is 2.13. The van der Waals surface area contributed by atoms with Gasteiger partial charge in [0, 0.05) is 31.5 Å². The third kappa shape index (κ3) is 5.98. The molecule has 3 aromatic rings. The number of benzene rings is 1. The van der Waals surface area contributed by atoms with Gasteiger partial charge in [-0.15, -0.1) is 10.2 Å². The molecule has 2 amide bonds. The zero-order valence-corrected chi connectivity index (χ0v) is 15.8. The summed E-state index contributed by atoms with van der Waals surface area (Å²) in [6, 6.07) is 9.30. The third-order valence-corrected chi connectivity index (χ3v) is 4.79. The average molecular weight is 402 g/mol. The van der Waals surface area contributed by atoms with Crippen LogP contribution in [0.4, 0.5) is 10.1 Å². The molecule has 2 aromatic heterocycles. The van der Waals surface area contributed by atoms with Crippen LogP contribution in [-0.2, 0) is 17.6 Å². The van der Waals surface area contributed by atoms with Crippen LogP contribution in [0.3, 0.4) is 0 Å². The number of nitrogens with one attached hydrogen (secondary N) is 2. The minimum Gasteiger partial charge on any atom is -0.469 e. The summed E-state index contributed by atoms with van der Waals surface area (Å²) in [5, 5.41) is 14.1. The molecule has 7 nitrogen and oxygen atoms in total. The second-order valence-corrected chi connectivity index (χ2v) is 7.06. The molecule has 2 N–H and O–H groups in total. The molecule has 9 heteroatoms. The van der Waals surface area contributed by atoms with Crippen LogP contribution in [0.15, 0.2) is 47.1 Å². The number of anilines is 1. The van der Waals surface area contributed by atoms with Crippen molar-refractivity contribution in [3.63, 3.8) is 0 Å². The molecule has 28 heavy (non-hydrogen) atoms.